The van der Waals surface area contributed by atoms with Crippen molar-refractivity contribution in [2.24, 2.45) is 4.99 Å². The Morgan fingerprint density at radius 1 is 0.516 bits per heavy atom. The monoisotopic (exact) mass is 1030 g/mol. The van der Waals surface area contributed by atoms with Gasteiger partial charge in [0, 0.05) is 37.8 Å². The first-order valence-electron chi connectivity index (χ1n) is 22.0. The van der Waals surface area contributed by atoms with Crippen LogP contribution in [0.3, 0.4) is 0 Å². The third kappa shape index (κ3) is 9.35. The first-order chi connectivity index (χ1) is 29.7. The molecule has 0 aliphatic heterocycles. The van der Waals surface area contributed by atoms with Crippen LogP contribution in [0.2, 0.25) is 0 Å². The fourth-order valence-electron chi connectivity index (χ4n) is 8.14. The zero-order chi connectivity index (χ0) is 45.1. The van der Waals surface area contributed by atoms with Crippen LogP contribution in [-0.2, 0) is 42.7 Å². The fraction of sp³-hybridized carbons (Fsp3) is 0.281. The van der Waals surface area contributed by atoms with Crippen molar-refractivity contribution in [2.45, 2.75) is 105 Å². The van der Waals surface area contributed by atoms with Crippen LogP contribution in [-0.4, -0.2) is 19.6 Å². The largest absolute Gasteiger partial charge is 0.507 e. The summed E-state index contributed by atoms with van der Waals surface area (Å²) in [7, 11) is 0. The molecule has 0 radical (unpaired) electrons. The van der Waals surface area contributed by atoms with Gasteiger partial charge in [-0.25, -0.2) is 4.98 Å². The number of rotatable bonds is 6. The van der Waals surface area contributed by atoms with E-state index < -0.39 is 0 Å². The zero-order valence-corrected chi connectivity index (χ0v) is 41.6. The van der Waals surface area contributed by atoms with E-state index in [0.717, 1.165) is 66.9 Å². The summed E-state index contributed by atoms with van der Waals surface area (Å²) in [6.07, 6.45) is 1.80. The first kappa shape index (κ1) is 46.2. The van der Waals surface area contributed by atoms with Gasteiger partial charge < -0.3 is 15.1 Å². The molecular formula is C57H60N5OPt-. The average molecular weight is 1030 g/mol. The van der Waals surface area contributed by atoms with Crippen LogP contribution in [0.5, 0.6) is 5.75 Å². The molecule has 5 aromatic carbocycles. The number of para-hydroxylation sites is 1. The molecule has 7 heteroatoms. The molecule has 0 amide bonds. The molecule has 0 saturated heterocycles. The third-order valence-electron chi connectivity index (χ3n) is 11.9. The molecule has 0 atom stereocenters. The van der Waals surface area contributed by atoms with Gasteiger partial charge in [-0.3, -0.25) is 9.55 Å². The van der Waals surface area contributed by atoms with E-state index in [9.17, 15) is 5.11 Å². The molecule has 0 aliphatic rings. The zero-order valence-electron chi connectivity index (χ0n) is 39.3. The SMILES string of the molecule is CC(C)(C)c1cc(/N=c2/cc(-c3ccccc3)cc[n-]2)nc(-c2cccc3c2nc(-c2cc(C(C)(C)C)cc(C(C)(C)C)c2O)n3-c2ccc(C(C)(C)C)cc2-c2ccccc2)c1.[Pt]. The van der Waals surface area contributed by atoms with Gasteiger partial charge in [0.25, 0.3) is 0 Å². The summed E-state index contributed by atoms with van der Waals surface area (Å²) in [4.78, 5) is 20.6. The summed E-state index contributed by atoms with van der Waals surface area (Å²) in [5.74, 6) is 1.47. The Morgan fingerprint density at radius 2 is 1.12 bits per heavy atom. The summed E-state index contributed by atoms with van der Waals surface area (Å²) < 4.78 is 2.25. The second kappa shape index (κ2) is 17.3. The van der Waals surface area contributed by atoms with Gasteiger partial charge >= 0.3 is 0 Å². The molecule has 1 N–H and O–H groups in total. The maximum Gasteiger partial charge on any atom is 0.149 e. The van der Waals surface area contributed by atoms with Crippen molar-refractivity contribution in [3.8, 4) is 56.3 Å². The number of hydrogen-bond donors (Lipinski definition) is 1. The topological polar surface area (TPSA) is 77.4 Å². The van der Waals surface area contributed by atoms with Crippen molar-refractivity contribution in [1.82, 2.24) is 19.5 Å². The van der Waals surface area contributed by atoms with Gasteiger partial charge in [-0.2, -0.15) is 0 Å². The molecule has 0 bridgehead atoms. The molecule has 3 heterocycles. The maximum absolute atomic E-state index is 12.5. The van der Waals surface area contributed by atoms with Gasteiger partial charge in [-0.1, -0.05) is 192 Å². The van der Waals surface area contributed by atoms with Crippen LogP contribution in [0.4, 0.5) is 5.82 Å². The molecule has 330 valence electrons. The number of pyridine rings is 2. The number of phenols is 1. The van der Waals surface area contributed by atoms with E-state index in [2.05, 4.69) is 196 Å². The van der Waals surface area contributed by atoms with E-state index in [1.54, 1.807) is 6.20 Å². The molecule has 0 unspecified atom stereocenters. The van der Waals surface area contributed by atoms with Crippen LogP contribution < -0.4 is 10.5 Å². The Hall–Kier alpha value is -5.84. The van der Waals surface area contributed by atoms with Gasteiger partial charge in [0.15, 0.2) is 0 Å². The van der Waals surface area contributed by atoms with Crippen molar-refractivity contribution in [3.05, 3.63) is 167 Å². The Labute approximate surface area is 393 Å². The standard InChI is InChI=1S/C57H60N5O.Pt/c1-54(2,3)39-26-27-47(43(31-39)37-22-17-14-18-23-37)62-48-25-19-24-42(51(48)61-53(62)44-32-40(55(4,5)6)33-45(52(44)63)57(10,11)12)46-34-41(56(7,8)9)35-50(59-46)60-49-30-38(28-29-58-49)36-20-15-13-16-21-36;/h13-35H,1-12H3,(H-,58,59,60,61,63);/q-1;. The molecule has 0 aliphatic carbocycles. The predicted octanol–water partition coefficient (Wildman–Crippen LogP) is 14.2. The number of hydrogen-bond acceptors (Lipinski definition) is 4. The van der Waals surface area contributed by atoms with E-state index in [0.29, 0.717) is 22.7 Å². The van der Waals surface area contributed by atoms with Crippen LogP contribution in [0.25, 0.3) is 61.6 Å². The van der Waals surface area contributed by atoms with Gasteiger partial charge in [-0.05, 0) is 91.4 Å². The number of imidazole rings is 1. The summed E-state index contributed by atoms with van der Waals surface area (Å²) in [5.41, 5.74) is 13.4. The summed E-state index contributed by atoms with van der Waals surface area (Å²) in [6.45, 7) is 26.5. The van der Waals surface area contributed by atoms with Gasteiger partial charge in [0.2, 0.25) is 0 Å². The Kier molecular flexibility index (Phi) is 12.5. The van der Waals surface area contributed by atoms with Crippen LogP contribution >= 0.6 is 0 Å². The summed E-state index contributed by atoms with van der Waals surface area (Å²) >= 11 is 0. The average Bonchev–Trinajstić information content (AvgIpc) is 3.62. The first-order valence-corrected chi connectivity index (χ1v) is 22.0. The van der Waals surface area contributed by atoms with Crippen molar-refractivity contribution in [3.63, 3.8) is 0 Å². The maximum atomic E-state index is 12.5. The molecule has 0 spiro atoms. The van der Waals surface area contributed by atoms with Crippen molar-refractivity contribution in [2.75, 3.05) is 0 Å². The number of aromatic nitrogens is 4. The smallest absolute Gasteiger partial charge is 0.149 e. The molecular weight excluding hydrogens is 966 g/mol. The van der Waals surface area contributed by atoms with Crippen molar-refractivity contribution >= 4 is 16.9 Å². The molecule has 8 rings (SSSR count). The molecule has 0 saturated carbocycles. The van der Waals surface area contributed by atoms with Gasteiger partial charge in [-0.15, -0.1) is 0 Å². The van der Waals surface area contributed by atoms with Crippen molar-refractivity contribution in [1.29, 1.82) is 0 Å². The molecule has 6 nitrogen and oxygen atoms in total. The van der Waals surface area contributed by atoms with Crippen LogP contribution in [0.15, 0.2) is 145 Å². The summed E-state index contributed by atoms with van der Waals surface area (Å²) in [5, 5.41) is 12.5. The van der Waals surface area contributed by atoms with Gasteiger partial charge in [0.1, 0.15) is 11.6 Å². The third-order valence-corrected chi connectivity index (χ3v) is 11.9. The Morgan fingerprint density at radius 3 is 1.75 bits per heavy atom. The van der Waals surface area contributed by atoms with Gasteiger partial charge in [0.05, 0.1) is 33.8 Å². The van der Waals surface area contributed by atoms with E-state index in [-0.39, 0.29) is 48.5 Å². The second-order valence-corrected chi connectivity index (χ2v) is 20.9. The van der Waals surface area contributed by atoms with E-state index in [4.69, 9.17) is 15.0 Å². The number of fused-ring (bicyclic) bond motifs is 1. The molecule has 64 heavy (non-hydrogen) atoms. The van der Waals surface area contributed by atoms with E-state index >= 15 is 0 Å². The minimum atomic E-state index is -0.335. The normalized spacial score (nSPS) is 12.7. The summed E-state index contributed by atoms with van der Waals surface area (Å²) in [6, 6.07) is 46.5. The Balaban J connectivity index is 0.00000612. The molecule has 3 aromatic heterocycles. The number of benzene rings is 5. The second-order valence-electron chi connectivity index (χ2n) is 20.9. The van der Waals surface area contributed by atoms with E-state index in [1.165, 1.54) is 5.56 Å². The minimum absolute atomic E-state index is 0. The van der Waals surface area contributed by atoms with E-state index in [1.807, 2.05) is 30.3 Å². The van der Waals surface area contributed by atoms with Crippen LogP contribution in [0.1, 0.15) is 105 Å². The quantitative estimate of drug-likeness (QED) is 0.180. The predicted molar refractivity (Wildman–Crippen MR) is 262 cm³/mol. The van der Waals surface area contributed by atoms with Crippen LogP contribution in [0, 0.1) is 0 Å². The number of phenolic OH excluding ortho intramolecular Hbond substituents is 1. The molecule has 8 aromatic rings. The number of nitrogens with zero attached hydrogens (tertiary/aromatic N) is 5. The number of aromatic hydroxyl groups is 1. The Bertz CT molecular complexity index is 3040. The molecule has 0 fully saturated rings. The fourth-order valence-corrected chi connectivity index (χ4v) is 8.14. The minimum Gasteiger partial charge on any atom is -0.507 e. The van der Waals surface area contributed by atoms with Crippen molar-refractivity contribution < 1.29 is 26.2 Å².